The number of amides is 1. The molecule has 1 aromatic carbocycles. The van der Waals surface area contributed by atoms with Gasteiger partial charge in [-0.2, -0.15) is 0 Å². The molecule has 1 amide bonds. The van der Waals surface area contributed by atoms with E-state index in [4.69, 9.17) is 5.73 Å². The first-order valence-corrected chi connectivity index (χ1v) is 6.69. The van der Waals surface area contributed by atoms with Gasteiger partial charge in [0.15, 0.2) is 0 Å². The summed E-state index contributed by atoms with van der Waals surface area (Å²) in [5.41, 5.74) is 6.56. The molecule has 5 nitrogen and oxygen atoms in total. The summed E-state index contributed by atoms with van der Waals surface area (Å²) >= 11 is 1.37. The summed E-state index contributed by atoms with van der Waals surface area (Å²) in [6.45, 7) is 6.15. The normalized spacial score (nSPS) is 10.8. The number of hydrogen-bond donors (Lipinski definition) is 2. The van der Waals surface area contributed by atoms with Crippen LogP contribution in [0.3, 0.4) is 0 Å². The number of nitrogens with two attached hydrogens (primary N) is 1. The zero-order valence-electron chi connectivity index (χ0n) is 11.5. The van der Waals surface area contributed by atoms with Crippen molar-refractivity contribution in [3.63, 3.8) is 0 Å². The van der Waals surface area contributed by atoms with Gasteiger partial charge >= 0.3 is 0 Å². The maximum Gasteiger partial charge on any atom is 0.259 e. The highest BCUT2D eigenvalue weighted by molar-refractivity contribution is 7.15. The summed E-state index contributed by atoms with van der Waals surface area (Å²) < 4.78 is 0. The Morgan fingerprint density at radius 1 is 1.25 bits per heavy atom. The Kier molecular flexibility index (Phi) is 5.08. The topological polar surface area (TPSA) is 80.9 Å². The van der Waals surface area contributed by atoms with Crippen LogP contribution in [-0.4, -0.2) is 16.1 Å². The van der Waals surface area contributed by atoms with Crippen LogP contribution in [-0.2, 0) is 5.41 Å². The predicted molar refractivity (Wildman–Crippen MR) is 84.7 cm³/mol. The molecule has 0 saturated heterocycles. The third kappa shape index (κ3) is 3.68. The number of hydrogen-bond acceptors (Lipinski definition) is 5. The van der Waals surface area contributed by atoms with Gasteiger partial charge in [0.1, 0.15) is 5.01 Å². The Balaban J connectivity index is 0.00000200. The van der Waals surface area contributed by atoms with Gasteiger partial charge < -0.3 is 5.73 Å². The molecule has 0 saturated carbocycles. The highest BCUT2D eigenvalue weighted by Gasteiger charge is 2.20. The van der Waals surface area contributed by atoms with Crippen molar-refractivity contribution >= 4 is 40.5 Å². The summed E-state index contributed by atoms with van der Waals surface area (Å²) in [5.74, 6) is -0.269. The molecule has 2 aromatic rings. The highest BCUT2D eigenvalue weighted by atomic mass is 35.5. The quantitative estimate of drug-likeness (QED) is 0.835. The van der Waals surface area contributed by atoms with Crippen LogP contribution >= 0.6 is 23.7 Å². The molecule has 0 unspecified atom stereocenters. The molecule has 0 fully saturated rings. The first-order chi connectivity index (χ1) is 8.88. The summed E-state index contributed by atoms with van der Waals surface area (Å²) in [6, 6.07) is 6.92. The molecule has 7 heteroatoms. The number of benzene rings is 1. The fourth-order valence-electron chi connectivity index (χ4n) is 1.45. The number of para-hydroxylation sites is 1. The maximum atomic E-state index is 12.0. The molecule has 0 aliphatic heterocycles. The van der Waals surface area contributed by atoms with E-state index in [2.05, 4.69) is 15.5 Å². The Morgan fingerprint density at radius 3 is 2.45 bits per heavy atom. The maximum absolute atomic E-state index is 12.0. The lowest BCUT2D eigenvalue weighted by molar-refractivity contribution is 0.102. The average molecular weight is 313 g/mol. The van der Waals surface area contributed by atoms with E-state index in [0.29, 0.717) is 16.4 Å². The van der Waals surface area contributed by atoms with Crippen molar-refractivity contribution in [2.75, 3.05) is 11.1 Å². The van der Waals surface area contributed by atoms with Crippen molar-refractivity contribution in [1.82, 2.24) is 10.2 Å². The van der Waals surface area contributed by atoms with E-state index in [0.717, 1.165) is 5.01 Å². The number of rotatable bonds is 2. The van der Waals surface area contributed by atoms with E-state index in [-0.39, 0.29) is 23.7 Å². The van der Waals surface area contributed by atoms with Gasteiger partial charge in [-0.1, -0.05) is 44.2 Å². The molecule has 108 valence electrons. The Morgan fingerprint density at radius 2 is 1.90 bits per heavy atom. The van der Waals surface area contributed by atoms with Gasteiger partial charge in [0.25, 0.3) is 5.91 Å². The van der Waals surface area contributed by atoms with Gasteiger partial charge in [0.05, 0.1) is 5.56 Å². The van der Waals surface area contributed by atoms with Crippen LogP contribution in [0, 0.1) is 0 Å². The number of carbonyl (C=O) groups is 1. The molecule has 3 N–H and O–H groups in total. The minimum atomic E-state index is -0.269. The fourth-order valence-corrected chi connectivity index (χ4v) is 2.24. The standard InChI is InChI=1S/C13H16N4OS.ClH/c1-13(2,3)11-16-17-12(19-11)15-10(18)8-6-4-5-7-9(8)14;/h4-7H,14H2,1-3H3,(H,15,17,18);1H. The molecule has 0 radical (unpaired) electrons. The van der Waals surface area contributed by atoms with Crippen molar-refractivity contribution in [3.8, 4) is 0 Å². The van der Waals surface area contributed by atoms with Crippen LogP contribution in [0.25, 0.3) is 0 Å². The first-order valence-electron chi connectivity index (χ1n) is 5.88. The van der Waals surface area contributed by atoms with E-state index in [1.165, 1.54) is 11.3 Å². The molecule has 2 rings (SSSR count). The lowest BCUT2D eigenvalue weighted by atomic mass is 9.98. The van der Waals surface area contributed by atoms with Gasteiger partial charge in [0.2, 0.25) is 5.13 Å². The SMILES string of the molecule is CC(C)(C)c1nnc(NC(=O)c2ccccc2N)s1.Cl. The van der Waals surface area contributed by atoms with Crippen LogP contribution in [0.4, 0.5) is 10.8 Å². The molecule has 0 spiro atoms. The number of aromatic nitrogens is 2. The number of nitrogens with one attached hydrogen (secondary N) is 1. The van der Waals surface area contributed by atoms with E-state index >= 15 is 0 Å². The third-order valence-electron chi connectivity index (χ3n) is 2.49. The second-order valence-corrected chi connectivity index (χ2v) is 6.18. The van der Waals surface area contributed by atoms with E-state index in [1.54, 1.807) is 24.3 Å². The highest BCUT2D eigenvalue weighted by Crippen LogP contribution is 2.28. The summed E-state index contributed by atoms with van der Waals surface area (Å²) in [4.78, 5) is 12.0. The molecular formula is C13H17ClN4OS. The van der Waals surface area contributed by atoms with Crippen LogP contribution in [0.5, 0.6) is 0 Å². The monoisotopic (exact) mass is 312 g/mol. The first kappa shape index (κ1) is 16.4. The predicted octanol–water partition coefficient (Wildman–Crippen LogP) is 3.09. The minimum Gasteiger partial charge on any atom is -0.398 e. The Hall–Kier alpha value is -1.66. The van der Waals surface area contributed by atoms with Gasteiger partial charge in [-0.3, -0.25) is 10.1 Å². The van der Waals surface area contributed by atoms with Crippen LogP contribution < -0.4 is 11.1 Å². The molecule has 0 aliphatic rings. The van der Waals surface area contributed by atoms with Gasteiger partial charge in [-0.15, -0.1) is 22.6 Å². The minimum absolute atomic E-state index is 0. The summed E-state index contributed by atoms with van der Waals surface area (Å²) in [6.07, 6.45) is 0. The van der Waals surface area contributed by atoms with Crippen LogP contribution in [0.2, 0.25) is 0 Å². The van der Waals surface area contributed by atoms with E-state index < -0.39 is 0 Å². The number of nitrogen functional groups attached to an aromatic ring is 1. The van der Waals surface area contributed by atoms with Crippen molar-refractivity contribution in [3.05, 3.63) is 34.8 Å². The Bertz CT molecular complexity index is 606. The molecule has 1 aromatic heterocycles. The van der Waals surface area contributed by atoms with E-state index in [9.17, 15) is 4.79 Å². The van der Waals surface area contributed by atoms with Crippen LogP contribution in [0.1, 0.15) is 36.1 Å². The number of carbonyl (C=O) groups excluding carboxylic acids is 1. The number of halogens is 1. The molecular weight excluding hydrogens is 296 g/mol. The third-order valence-corrected chi connectivity index (χ3v) is 3.76. The van der Waals surface area contributed by atoms with Crippen molar-refractivity contribution < 1.29 is 4.79 Å². The van der Waals surface area contributed by atoms with Gasteiger partial charge in [-0.05, 0) is 12.1 Å². The van der Waals surface area contributed by atoms with Gasteiger partial charge in [-0.25, -0.2) is 0 Å². The molecule has 0 atom stereocenters. The largest absolute Gasteiger partial charge is 0.398 e. The van der Waals surface area contributed by atoms with Crippen molar-refractivity contribution in [2.45, 2.75) is 26.2 Å². The van der Waals surface area contributed by atoms with Crippen LogP contribution in [0.15, 0.2) is 24.3 Å². The summed E-state index contributed by atoms with van der Waals surface area (Å²) in [7, 11) is 0. The Labute approximate surface area is 128 Å². The number of nitrogens with zero attached hydrogens (tertiary/aromatic N) is 2. The lowest BCUT2D eigenvalue weighted by Crippen LogP contribution is -2.13. The molecule has 0 bridgehead atoms. The number of anilines is 2. The molecule has 20 heavy (non-hydrogen) atoms. The van der Waals surface area contributed by atoms with Crippen molar-refractivity contribution in [1.29, 1.82) is 0 Å². The zero-order valence-corrected chi connectivity index (χ0v) is 13.1. The fraction of sp³-hybridized carbons (Fsp3) is 0.308. The molecule has 0 aliphatic carbocycles. The second-order valence-electron chi connectivity index (χ2n) is 5.20. The smallest absolute Gasteiger partial charge is 0.259 e. The lowest BCUT2D eigenvalue weighted by Gasteiger charge is -2.12. The average Bonchev–Trinajstić information content (AvgIpc) is 2.77. The van der Waals surface area contributed by atoms with Crippen molar-refractivity contribution in [2.24, 2.45) is 0 Å². The molecule has 1 heterocycles. The second kappa shape index (κ2) is 6.19. The zero-order chi connectivity index (χ0) is 14.0. The van der Waals surface area contributed by atoms with E-state index in [1.807, 2.05) is 20.8 Å². The summed E-state index contributed by atoms with van der Waals surface area (Å²) in [5, 5.41) is 12.1. The van der Waals surface area contributed by atoms with Gasteiger partial charge in [0, 0.05) is 11.1 Å².